The molecule has 1 aromatic rings. The molecule has 0 fully saturated rings. The molecule has 9 heteroatoms. The molecule has 0 spiro atoms. The molecule has 0 aliphatic carbocycles. The van der Waals surface area contributed by atoms with E-state index in [1.807, 2.05) is 6.07 Å². The Bertz CT molecular complexity index is 613. The highest BCUT2D eigenvalue weighted by Gasteiger charge is 2.46. The molecule has 0 heterocycles. The molecule has 0 aliphatic rings. The van der Waals surface area contributed by atoms with E-state index in [1.54, 1.807) is 45.0 Å². The summed E-state index contributed by atoms with van der Waals surface area (Å²) < 4.78 is 28.5. The van der Waals surface area contributed by atoms with E-state index >= 15 is 0 Å². The van der Waals surface area contributed by atoms with E-state index in [9.17, 15) is 19.5 Å². The molecule has 1 aromatic carbocycles. The van der Waals surface area contributed by atoms with E-state index in [4.69, 9.17) is 13.8 Å². The van der Waals surface area contributed by atoms with Crippen LogP contribution in [0.2, 0.25) is 0 Å². The summed E-state index contributed by atoms with van der Waals surface area (Å²) in [6.07, 6.45) is -0.194. The van der Waals surface area contributed by atoms with Gasteiger partial charge in [0.05, 0.1) is 19.8 Å². The quantitative estimate of drug-likeness (QED) is 0.234. The van der Waals surface area contributed by atoms with Crippen molar-refractivity contribution in [2.24, 2.45) is 0 Å². The van der Waals surface area contributed by atoms with Crippen molar-refractivity contribution in [2.75, 3.05) is 19.8 Å². The van der Waals surface area contributed by atoms with Crippen LogP contribution in [0.3, 0.4) is 0 Å². The second-order valence-corrected chi connectivity index (χ2v) is 7.73. The summed E-state index contributed by atoms with van der Waals surface area (Å²) in [4.78, 5) is 23.4. The molecule has 0 aromatic heterocycles. The zero-order valence-electron chi connectivity index (χ0n) is 15.3. The number of hydrogen-bond acceptors (Lipinski definition) is 7. The van der Waals surface area contributed by atoms with Crippen LogP contribution in [0.4, 0.5) is 0 Å². The minimum atomic E-state index is -3.89. The first-order chi connectivity index (χ1) is 12.4. The Kier molecular flexibility index (Phi) is 9.48. The smallest absolute Gasteiger partial charge is 0.345 e. The Balaban J connectivity index is 3.12. The molecule has 146 valence electrons. The predicted molar refractivity (Wildman–Crippen MR) is 96.8 cm³/mol. The lowest BCUT2D eigenvalue weighted by atomic mass is 10.0. The average Bonchev–Trinajstić information content (AvgIpc) is 2.59. The Morgan fingerprint density at radius 2 is 1.69 bits per heavy atom. The normalized spacial score (nSPS) is 13.8. The highest BCUT2D eigenvalue weighted by atomic mass is 31.2. The molecular formula is C17H26NO7P. The van der Waals surface area contributed by atoms with Gasteiger partial charge in [0.15, 0.2) is 5.66 Å². The number of hydrogen-bond donors (Lipinski definition) is 0. The van der Waals surface area contributed by atoms with Crippen molar-refractivity contribution < 1.29 is 28.1 Å². The molecule has 0 saturated heterocycles. The molecule has 0 radical (unpaired) electrons. The maximum atomic E-state index is 13.1. The molecule has 0 amide bonds. The van der Waals surface area contributed by atoms with Gasteiger partial charge in [-0.25, -0.2) is 0 Å². The van der Waals surface area contributed by atoms with Crippen molar-refractivity contribution in [3.8, 4) is 0 Å². The summed E-state index contributed by atoms with van der Waals surface area (Å²) in [6.45, 7) is 5.00. The van der Waals surface area contributed by atoms with E-state index in [1.165, 1.54) is 0 Å². The average molecular weight is 387 g/mol. The van der Waals surface area contributed by atoms with Crippen LogP contribution >= 0.6 is 7.60 Å². The molecule has 2 unspecified atom stereocenters. The van der Waals surface area contributed by atoms with Crippen molar-refractivity contribution in [2.45, 2.75) is 45.3 Å². The summed E-state index contributed by atoms with van der Waals surface area (Å²) in [7, 11) is -3.89. The minimum absolute atomic E-state index is 0.0506. The van der Waals surface area contributed by atoms with Crippen molar-refractivity contribution >= 4 is 13.6 Å². The second-order valence-electron chi connectivity index (χ2n) is 5.51. The Morgan fingerprint density at radius 1 is 1.12 bits per heavy atom. The first kappa shape index (κ1) is 22.3. The molecule has 2 atom stereocenters. The van der Waals surface area contributed by atoms with Gasteiger partial charge in [-0.3, -0.25) is 19.5 Å². The number of carbonyl (C=O) groups is 1. The minimum Gasteiger partial charge on any atom is -0.465 e. The van der Waals surface area contributed by atoms with Crippen LogP contribution < -0.4 is 0 Å². The Labute approximate surface area is 153 Å². The molecular weight excluding hydrogens is 361 g/mol. The third-order valence-electron chi connectivity index (χ3n) is 3.67. The third kappa shape index (κ3) is 6.52. The van der Waals surface area contributed by atoms with Gasteiger partial charge in [-0.15, -0.1) is 0 Å². The fourth-order valence-electron chi connectivity index (χ4n) is 2.56. The summed E-state index contributed by atoms with van der Waals surface area (Å²) >= 11 is 0. The second kappa shape index (κ2) is 11.1. The Hall–Kier alpha value is -1.76. The molecule has 0 bridgehead atoms. The lowest BCUT2D eigenvalue weighted by Crippen LogP contribution is -2.34. The molecule has 1 rings (SSSR count). The highest BCUT2D eigenvalue weighted by molar-refractivity contribution is 7.55. The monoisotopic (exact) mass is 387 g/mol. The van der Waals surface area contributed by atoms with Gasteiger partial charge < -0.3 is 13.8 Å². The fraction of sp³-hybridized carbons (Fsp3) is 0.588. The zero-order chi connectivity index (χ0) is 19.6. The van der Waals surface area contributed by atoms with E-state index in [2.05, 4.69) is 0 Å². The lowest BCUT2D eigenvalue weighted by molar-refractivity contribution is -0.522. The van der Waals surface area contributed by atoms with E-state index in [0.717, 1.165) is 5.56 Å². The molecule has 26 heavy (non-hydrogen) atoms. The SMILES string of the molecule is CCOC(=O)C(CC(Cc1ccccc1)[N+](=O)[O-])P(=O)(OCC)OCC. The first-order valence-electron chi connectivity index (χ1n) is 8.60. The largest absolute Gasteiger partial charge is 0.465 e. The zero-order valence-corrected chi connectivity index (χ0v) is 16.2. The highest BCUT2D eigenvalue weighted by Crippen LogP contribution is 2.55. The van der Waals surface area contributed by atoms with Gasteiger partial charge in [0, 0.05) is 17.8 Å². The van der Waals surface area contributed by atoms with Crippen molar-refractivity contribution in [1.82, 2.24) is 0 Å². The Morgan fingerprint density at radius 3 is 2.15 bits per heavy atom. The van der Waals surface area contributed by atoms with Gasteiger partial charge in [-0.2, -0.15) is 0 Å². The fourth-order valence-corrected chi connectivity index (χ4v) is 4.55. The maximum absolute atomic E-state index is 13.1. The van der Waals surface area contributed by atoms with E-state index in [-0.39, 0.29) is 32.7 Å². The van der Waals surface area contributed by atoms with Crippen LogP contribution in [0.15, 0.2) is 30.3 Å². The van der Waals surface area contributed by atoms with Gasteiger partial charge in [0.25, 0.3) is 0 Å². The van der Waals surface area contributed by atoms with Crippen LogP contribution in [0.25, 0.3) is 0 Å². The van der Waals surface area contributed by atoms with Crippen molar-refractivity contribution in [1.29, 1.82) is 0 Å². The van der Waals surface area contributed by atoms with E-state index in [0.29, 0.717) is 0 Å². The number of ether oxygens (including phenoxy) is 1. The van der Waals surface area contributed by atoms with Gasteiger partial charge in [0.1, 0.15) is 0 Å². The summed E-state index contributed by atoms with van der Waals surface area (Å²) in [5.41, 5.74) is -0.596. The van der Waals surface area contributed by atoms with Crippen molar-refractivity contribution in [3.63, 3.8) is 0 Å². The summed E-state index contributed by atoms with van der Waals surface area (Å²) in [5, 5.41) is 11.5. The van der Waals surface area contributed by atoms with E-state index < -0.39 is 30.2 Å². The number of carbonyl (C=O) groups excluding carboxylic acids is 1. The number of esters is 1. The van der Waals surface area contributed by atoms with Gasteiger partial charge in [-0.05, 0) is 26.3 Å². The third-order valence-corrected chi connectivity index (χ3v) is 6.09. The number of rotatable bonds is 12. The summed E-state index contributed by atoms with van der Waals surface area (Å²) in [5.74, 6) is -0.808. The number of benzene rings is 1. The van der Waals surface area contributed by atoms with Crippen LogP contribution in [0, 0.1) is 10.1 Å². The number of nitrogens with zero attached hydrogens (tertiary/aromatic N) is 1. The maximum Gasteiger partial charge on any atom is 0.345 e. The van der Waals surface area contributed by atoms with Crippen LogP contribution in [0.1, 0.15) is 32.8 Å². The first-order valence-corrected chi connectivity index (χ1v) is 10.2. The van der Waals surface area contributed by atoms with Crippen LogP contribution in [0.5, 0.6) is 0 Å². The van der Waals surface area contributed by atoms with Crippen LogP contribution in [-0.2, 0) is 29.6 Å². The molecule has 0 aliphatic heterocycles. The topological polar surface area (TPSA) is 105 Å². The molecule has 0 saturated carbocycles. The summed E-state index contributed by atoms with van der Waals surface area (Å²) in [6, 6.07) is 7.77. The van der Waals surface area contributed by atoms with Gasteiger partial charge in [0.2, 0.25) is 6.04 Å². The number of nitro groups is 1. The predicted octanol–water partition coefficient (Wildman–Crippen LogP) is 3.46. The molecule has 8 nitrogen and oxygen atoms in total. The van der Waals surface area contributed by atoms with Gasteiger partial charge in [-0.1, -0.05) is 30.3 Å². The molecule has 0 N–H and O–H groups in total. The van der Waals surface area contributed by atoms with Gasteiger partial charge >= 0.3 is 13.6 Å². The lowest BCUT2D eigenvalue weighted by Gasteiger charge is -2.25. The van der Waals surface area contributed by atoms with Crippen molar-refractivity contribution in [3.05, 3.63) is 46.0 Å². The van der Waals surface area contributed by atoms with Crippen LogP contribution in [-0.4, -0.2) is 42.4 Å². The standard InChI is InChI=1S/C17H26NO7P/c1-4-23-17(19)16(26(22,24-5-2)25-6-3)13-15(18(20)21)12-14-10-8-7-9-11-14/h7-11,15-16H,4-6,12-13H2,1-3H3.